The minimum Gasteiger partial charge on any atom is -0.451 e. The van der Waals surface area contributed by atoms with Crippen LogP contribution in [0.2, 0.25) is 0 Å². The molecule has 0 radical (unpaired) electrons. The average Bonchev–Trinajstić information content (AvgIpc) is 2.03. The lowest BCUT2D eigenvalue weighted by atomic mass is 10.9. The van der Waals surface area contributed by atoms with Gasteiger partial charge < -0.3 is 9.47 Å². The second-order valence-corrected chi connectivity index (χ2v) is 2.10. The van der Waals surface area contributed by atoms with Crippen molar-refractivity contribution in [3.63, 3.8) is 0 Å². The summed E-state index contributed by atoms with van der Waals surface area (Å²) < 4.78 is 8.68. The third-order valence-corrected chi connectivity index (χ3v) is 1.10. The van der Waals surface area contributed by atoms with Crippen molar-refractivity contribution < 1.29 is 19.1 Å². The van der Waals surface area contributed by atoms with Crippen LogP contribution in [0.25, 0.3) is 0 Å². The molecule has 0 unspecified atom stereocenters. The van der Waals surface area contributed by atoms with Crippen LogP contribution in [0.4, 0.5) is 9.59 Å². The average molecular weight is 176 g/mol. The molecular formula is C6H12N2O4. The van der Waals surface area contributed by atoms with Crippen LogP contribution in [0, 0.1) is 0 Å². The first-order valence-electron chi connectivity index (χ1n) is 3.17. The molecular weight excluding hydrogens is 164 g/mol. The van der Waals surface area contributed by atoms with Crippen molar-refractivity contribution >= 4 is 12.2 Å². The predicted molar refractivity (Wildman–Crippen MR) is 40.3 cm³/mol. The Morgan fingerprint density at radius 2 is 1.33 bits per heavy atom. The maximum atomic E-state index is 10.9. The quantitative estimate of drug-likeness (QED) is 0.538. The molecule has 0 N–H and O–H groups in total. The number of hydrogen-bond acceptors (Lipinski definition) is 5. The van der Waals surface area contributed by atoms with Crippen LogP contribution in [-0.4, -0.2) is 50.5 Å². The van der Waals surface area contributed by atoms with Gasteiger partial charge in [-0.25, -0.2) is 14.6 Å². The standard InChI is InChI=1S/C6H12N2O4/c1-7(2)8(5(9)11-3)6(10)12-4/h1-4H3. The zero-order valence-electron chi connectivity index (χ0n) is 7.53. The van der Waals surface area contributed by atoms with Crippen LogP contribution >= 0.6 is 0 Å². The SMILES string of the molecule is COC(=O)N(C(=O)OC)N(C)C. The van der Waals surface area contributed by atoms with Crippen LogP contribution < -0.4 is 0 Å². The Labute approximate surface area is 70.6 Å². The largest absolute Gasteiger partial charge is 0.451 e. The van der Waals surface area contributed by atoms with Crippen molar-refractivity contribution in [2.45, 2.75) is 0 Å². The Bertz CT molecular complexity index is 164. The molecule has 0 atom stereocenters. The molecule has 70 valence electrons. The van der Waals surface area contributed by atoms with E-state index < -0.39 is 12.2 Å². The number of methoxy groups -OCH3 is 2. The minimum atomic E-state index is -0.785. The van der Waals surface area contributed by atoms with Gasteiger partial charge >= 0.3 is 12.2 Å². The zero-order chi connectivity index (χ0) is 9.72. The van der Waals surface area contributed by atoms with E-state index in [1.54, 1.807) is 0 Å². The van der Waals surface area contributed by atoms with Gasteiger partial charge in [0, 0.05) is 14.1 Å². The summed E-state index contributed by atoms with van der Waals surface area (Å²) in [5.41, 5.74) is 0. The van der Waals surface area contributed by atoms with Crippen molar-refractivity contribution in [2.24, 2.45) is 0 Å². The fraction of sp³-hybridized carbons (Fsp3) is 0.667. The lowest BCUT2D eigenvalue weighted by Crippen LogP contribution is -2.46. The second kappa shape index (κ2) is 4.55. The Morgan fingerprint density at radius 3 is 1.50 bits per heavy atom. The summed E-state index contributed by atoms with van der Waals surface area (Å²) in [6, 6.07) is 0. The van der Waals surface area contributed by atoms with Crippen LogP contribution in [0.3, 0.4) is 0 Å². The summed E-state index contributed by atoms with van der Waals surface area (Å²) in [6.07, 6.45) is -1.57. The highest BCUT2D eigenvalue weighted by atomic mass is 16.6. The molecule has 0 rings (SSSR count). The zero-order valence-corrected chi connectivity index (χ0v) is 7.53. The molecule has 0 aliphatic rings. The monoisotopic (exact) mass is 176 g/mol. The topological polar surface area (TPSA) is 59.1 Å². The molecule has 0 aliphatic heterocycles. The van der Waals surface area contributed by atoms with Crippen LogP contribution in [0.1, 0.15) is 0 Å². The molecule has 0 bridgehead atoms. The number of imide groups is 1. The van der Waals surface area contributed by atoms with Crippen molar-refractivity contribution in [1.29, 1.82) is 0 Å². The molecule has 6 heteroatoms. The first-order chi connectivity index (χ1) is 5.54. The number of hydrazine groups is 1. The molecule has 6 nitrogen and oxygen atoms in total. The van der Waals surface area contributed by atoms with E-state index in [9.17, 15) is 9.59 Å². The van der Waals surface area contributed by atoms with E-state index in [0.717, 1.165) is 5.01 Å². The van der Waals surface area contributed by atoms with E-state index in [1.165, 1.54) is 33.3 Å². The lowest BCUT2D eigenvalue weighted by molar-refractivity contribution is 0.0200. The molecule has 0 spiro atoms. The third kappa shape index (κ3) is 2.39. The first kappa shape index (κ1) is 10.7. The Kier molecular flexibility index (Phi) is 4.06. The summed E-state index contributed by atoms with van der Waals surface area (Å²) in [7, 11) is 5.41. The van der Waals surface area contributed by atoms with E-state index in [1.807, 2.05) is 0 Å². The highest BCUT2D eigenvalue weighted by Crippen LogP contribution is 1.98. The number of hydrogen-bond donors (Lipinski definition) is 0. The van der Waals surface area contributed by atoms with Gasteiger partial charge in [-0.3, -0.25) is 0 Å². The molecule has 0 aliphatic carbocycles. The molecule has 0 aromatic carbocycles. The fourth-order valence-electron chi connectivity index (χ4n) is 0.574. The van der Waals surface area contributed by atoms with E-state index in [2.05, 4.69) is 9.47 Å². The van der Waals surface area contributed by atoms with Crippen molar-refractivity contribution in [2.75, 3.05) is 28.3 Å². The number of nitrogens with zero attached hydrogens (tertiary/aromatic N) is 2. The number of amides is 2. The molecule has 0 aromatic heterocycles. The van der Waals surface area contributed by atoms with E-state index in [4.69, 9.17) is 0 Å². The Morgan fingerprint density at radius 1 is 1.00 bits per heavy atom. The van der Waals surface area contributed by atoms with Gasteiger partial charge in [-0.15, -0.1) is 5.01 Å². The van der Waals surface area contributed by atoms with Crippen molar-refractivity contribution in [1.82, 2.24) is 10.0 Å². The van der Waals surface area contributed by atoms with Crippen LogP contribution in [0.5, 0.6) is 0 Å². The molecule has 0 aromatic rings. The fourth-order valence-corrected chi connectivity index (χ4v) is 0.574. The Balaban J connectivity index is 4.43. The normalized spacial score (nSPS) is 9.42. The number of carbonyl (C=O) groups excluding carboxylic acids is 2. The molecule has 12 heavy (non-hydrogen) atoms. The van der Waals surface area contributed by atoms with Gasteiger partial charge in [0.1, 0.15) is 0 Å². The summed E-state index contributed by atoms with van der Waals surface area (Å²) in [6.45, 7) is 0. The highest BCUT2D eigenvalue weighted by molar-refractivity contribution is 5.86. The van der Waals surface area contributed by atoms with Crippen molar-refractivity contribution in [3.05, 3.63) is 0 Å². The van der Waals surface area contributed by atoms with Gasteiger partial charge in [-0.1, -0.05) is 0 Å². The van der Waals surface area contributed by atoms with Gasteiger partial charge in [-0.2, -0.15) is 0 Å². The van der Waals surface area contributed by atoms with E-state index in [0.29, 0.717) is 0 Å². The smallest absolute Gasteiger partial charge is 0.434 e. The van der Waals surface area contributed by atoms with Gasteiger partial charge in [0.15, 0.2) is 0 Å². The molecule has 0 fully saturated rings. The molecule has 0 saturated carbocycles. The second-order valence-electron chi connectivity index (χ2n) is 2.10. The van der Waals surface area contributed by atoms with Crippen molar-refractivity contribution in [3.8, 4) is 0 Å². The number of rotatable bonds is 1. The maximum absolute atomic E-state index is 10.9. The van der Waals surface area contributed by atoms with Crippen LogP contribution in [0.15, 0.2) is 0 Å². The number of carbonyl (C=O) groups is 2. The van der Waals surface area contributed by atoms with Gasteiger partial charge in [0.2, 0.25) is 0 Å². The lowest BCUT2D eigenvalue weighted by Gasteiger charge is -2.23. The Hall–Kier alpha value is -1.30. The summed E-state index contributed by atoms with van der Waals surface area (Å²) >= 11 is 0. The van der Waals surface area contributed by atoms with Gasteiger partial charge in [-0.05, 0) is 0 Å². The minimum absolute atomic E-state index is 0.722. The number of ether oxygens (including phenoxy) is 2. The van der Waals surface area contributed by atoms with E-state index >= 15 is 0 Å². The van der Waals surface area contributed by atoms with E-state index in [-0.39, 0.29) is 0 Å². The van der Waals surface area contributed by atoms with Crippen LogP contribution in [-0.2, 0) is 9.47 Å². The van der Waals surface area contributed by atoms with Gasteiger partial charge in [0.05, 0.1) is 14.2 Å². The third-order valence-electron chi connectivity index (χ3n) is 1.10. The first-order valence-corrected chi connectivity index (χ1v) is 3.17. The molecule has 0 heterocycles. The predicted octanol–water partition coefficient (Wildman–Crippen LogP) is 0.298. The molecule has 2 amide bonds. The molecule has 0 saturated heterocycles. The summed E-state index contributed by atoms with van der Waals surface area (Å²) in [5, 5.41) is 1.98. The van der Waals surface area contributed by atoms with Gasteiger partial charge in [0.25, 0.3) is 0 Å². The highest BCUT2D eigenvalue weighted by Gasteiger charge is 2.24. The summed E-state index contributed by atoms with van der Waals surface area (Å²) in [5.74, 6) is 0. The maximum Gasteiger partial charge on any atom is 0.434 e. The summed E-state index contributed by atoms with van der Waals surface area (Å²) in [4.78, 5) is 21.8.